The van der Waals surface area contributed by atoms with Gasteiger partial charge in [-0.15, -0.1) is 11.3 Å². The number of aromatic nitrogens is 1. The fourth-order valence-electron chi connectivity index (χ4n) is 3.59. The standard InChI is InChI=1S/C18H24N2OS/c1-17(2)14-18(9-12-21-17,15-6-4-3-5-7-15)8-10-19-16-20-11-13-22-16/h3-7,11,13H,8-10,12,14H2,1-2H3,(H,19,20). The summed E-state index contributed by atoms with van der Waals surface area (Å²) in [6.07, 6.45) is 5.09. The van der Waals surface area contributed by atoms with E-state index >= 15 is 0 Å². The maximum atomic E-state index is 5.96. The van der Waals surface area contributed by atoms with E-state index in [-0.39, 0.29) is 11.0 Å². The van der Waals surface area contributed by atoms with Gasteiger partial charge in [-0.05, 0) is 38.7 Å². The summed E-state index contributed by atoms with van der Waals surface area (Å²) in [5.74, 6) is 0. The van der Waals surface area contributed by atoms with Crippen molar-refractivity contribution in [1.29, 1.82) is 0 Å². The SMILES string of the molecule is CC1(C)CC(CCNc2nccs2)(c2ccccc2)CCO1. The Morgan fingerprint density at radius 1 is 1.27 bits per heavy atom. The highest BCUT2D eigenvalue weighted by molar-refractivity contribution is 7.13. The molecule has 1 fully saturated rings. The van der Waals surface area contributed by atoms with Gasteiger partial charge in [0, 0.05) is 30.1 Å². The first-order valence-corrected chi connectivity index (χ1v) is 8.81. The number of hydrogen-bond acceptors (Lipinski definition) is 4. The van der Waals surface area contributed by atoms with Crippen molar-refractivity contribution < 1.29 is 4.74 Å². The van der Waals surface area contributed by atoms with Crippen molar-refractivity contribution in [2.24, 2.45) is 0 Å². The molecule has 0 saturated carbocycles. The molecule has 1 aliphatic rings. The molecule has 1 N–H and O–H groups in total. The molecule has 0 spiro atoms. The van der Waals surface area contributed by atoms with Crippen LogP contribution in [-0.2, 0) is 10.2 Å². The van der Waals surface area contributed by atoms with E-state index in [0.717, 1.165) is 37.5 Å². The number of anilines is 1. The van der Waals surface area contributed by atoms with Crippen molar-refractivity contribution in [3.05, 3.63) is 47.5 Å². The number of ether oxygens (including phenoxy) is 1. The molecule has 1 aliphatic heterocycles. The van der Waals surface area contributed by atoms with Gasteiger partial charge < -0.3 is 10.1 Å². The third kappa shape index (κ3) is 3.50. The molecule has 0 radical (unpaired) electrons. The zero-order valence-corrected chi connectivity index (χ0v) is 14.2. The largest absolute Gasteiger partial charge is 0.376 e. The highest BCUT2D eigenvalue weighted by Gasteiger charge is 2.41. The predicted molar refractivity (Wildman–Crippen MR) is 92.6 cm³/mol. The normalized spacial score (nSPS) is 24.1. The van der Waals surface area contributed by atoms with Gasteiger partial charge in [0.05, 0.1) is 5.60 Å². The van der Waals surface area contributed by atoms with E-state index in [1.165, 1.54) is 5.56 Å². The number of benzene rings is 1. The molecule has 2 aromatic rings. The molecule has 1 aromatic heterocycles. The monoisotopic (exact) mass is 316 g/mol. The molecule has 0 bridgehead atoms. The van der Waals surface area contributed by atoms with Gasteiger partial charge in [0.2, 0.25) is 0 Å². The van der Waals surface area contributed by atoms with Crippen LogP contribution in [-0.4, -0.2) is 23.7 Å². The summed E-state index contributed by atoms with van der Waals surface area (Å²) >= 11 is 1.66. The van der Waals surface area contributed by atoms with Crippen LogP contribution in [0.4, 0.5) is 5.13 Å². The third-order valence-corrected chi connectivity index (χ3v) is 5.27. The molecular weight excluding hydrogens is 292 g/mol. The summed E-state index contributed by atoms with van der Waals surface area (Å²) in [7, 11) is 0. The zero-order valence-electron chi connectivity index (χ0n) is 13.3. The molecule has 1 atom stereocenters. The average Bonchev–Trinajstić information content (AvgIpc) is 3.00. The quantitative estimate of drug-likeness (QED) is 0.883. The number of nitrogens with one attached hydrogen (secondary N) is 1. The van der Waals surface area contributed by atoms with Gasteiger partial charge in [-0.1, -0.05) is 30.3 Å². The summed E-state index contributed by atoms with van der Waals surface area (Å²) < 4.78 is 5.96. The van der Waals surface area contributed by atoms with Crippen LogP contribution < -0.4 is 5.32 Å². The molecule has 3 rings (SSSR count). The van der Waals surface area contributed by atoms with E-state index in [1.807, 2.05) is 11.6 Å². The minimum atomic E-state index is -0.0602. The Morgan fingerprint density at radius 3 is 2.77 bits per heavy atom. The van der Waals surface area contributed by atoms with Gasteiger partial charge in [0.1, 0.15) is 0 Å². The minimum Gasteiger partial charge on any atom is -0.376 e. The highest BCUT2D eigenvalue weighted by Crippen LogP contribution is 2.43. The summed E-state index contributed by atoms with van der Waals surface area (Å²) in [6.45, 7) is 6.19. The fourth-order valence-corrected chi connectivity index (χ4v) is 4.15. The minimum absolute atomic E-state index is 0.0602. The summed E-state index contributed by atoms with van der Waals surface area (Å²) in [5.41, 5.74) is 1.56. The first-order valence-electron chi connectivity index (χ1n) is 7.93. The lowest BCUT2D eigenvalue weighted by molar-refractivity contribution is -0.0834. The van der Waals surface area contributed by atoms with Crippen LogP contribution >= 0.6 is 11.3 Å². The molecule has 22 heavy (non-hydrogen) atoms. The van der Waals surface area contributed by atoms with Crippen LogP contribution in [0.2, 0.25) is 0 Å². The smallest absolute Gasteiger partial charge is 0.182 e. The lowest BCUT2D eigenvalue weighted by atomic mass is 9.67. The topological polar surface area (TPSA) is 34.2 Å². The molecular formula is C18H24N2OS. The second kappa shape index (κ2) is 6.39. The van der Waals surface area contributed by atoms with Gasteiger partial charge in [0.15, 0.2) is 5.13 Å². The first-order chi connectivity index (χ1) is 10.6. The lowest BCUT2D eigenvalue weighted by Gasteiger charge is -2.45. The van der Waals surface area contributed by atoms with Crippen LogP contribution in [0.5, 0.6) is 0 Å². The van der Waals surface area contributed by atoms with Crippen LogP contribution in [0, 0.1) is 0 Å². The van der Waals surface area contributed by atoms with Gasteiger partial charge in [-0.3, -0.25) is 0 Å². The fraction of sp³-hybridized carbons (Fsp3) is 0.500. The number of hydrogen-bond donors (Lipinski definition) is 1. The van der Waals surface area contributed by atoms with E-state index < -0.39 is 0 Å². The Bertz CT molecular complexity index is 582. The van der Waals surface area contributed by atoms with Gasteiger partial charge in [-0.25, -0.2) is 4.98 Å². The number of nitrogens with zero attached hydrogens (tertiary/aromatic N) is 1. The summed E-state index contributed by atoms with van der Waals surface area (Å²) in [6, 6.07) is 10.9. The molecule has 1 saturated heterocycles. The van der Waals surface area contributed by atoms with Gasteiger partial charge >= 0.3 is 0 Å². The van der Waals surface area contributed by atoms with E-state index in [9.17, 15) is 0 Å². The Kier molecular flexibility index (Phi) is 4.50. The van der Waals surface area contributed by atoms with E-state index in [0.29, 0.717) is 0 Å². The number of thiazole rings is 1. The van der Waals surface area contributed by atoms with Crippen molar-refractivity contribution >= 4 is 16.5 Å². The second-order valence-electron chi connectivity index (χ2n) is 6.70. The van der Waals surface area contributed by atoms with Crippen molar-refractivity contribution in [3.63, 3.8) is 0 Å². The summed E-state index contributed by atoms with van der Waals surface area (Å²) in [5, 5.41) is 6.48. The maximum Gasteiger partial charge on any atom is 0.182 e. The predicted octanol–water partition coefficient (Wildman–Crippen LogP) is 4.47. The Hall–Kier alpha value is -1.39. The van der Waals surface area contributed by atoms with Crippen molar-refractivity contribution in [2.45, 2.75) is 44.1 Å². The second-order valence-corrected chi connectivity index (χ2v) is 7.59. The Balaban J connectivity index is 1.77. The van der Waals surface area contributed by atoms with Crippen LogP contribution in [0.25, 0.3) is 0 Å². The Labute approximate surface area is 136 Å². The van der Waals surface area contributed by atoms with Crippen LogP contribution in [0.1, 0.15) is 38.7 Å². The third-order valence-electron chi connectivity index (χ3n) is 4.54. The van der Waals surface area contributed by atoms with Crippen LogP contribution in [0.15, 0.2) is 41.9 Å². The maximum absolute atomic E-state index is 5.96. The van der Waals surface area contributed by atoms with E-state index in [4.69, 9.17) is 4.74 Å². The lowest BCUT2D eigenvalue weighted by Crippen LogP contribution is -2.44. The van der Waals surface area contributed by atoms with Crippen molar-refractivity contribution in [1.82, 2.24) is 4.98 Å². The highest BCUT2D eigenvalue weighted by atomic mass is 32.1. The molecule has 0 aliphatic carbocycles. The Morgan fingerprint density at radius 2 is 2.09 bits per heavy atom. The number of rotatable bonds is 5. The van der Waals surface area contributed by atoms with E-state index in [2.05, 4.69) is 54.5 Å². The zero-order chi connectivity index (χ0) is 15.5. The molecule has 4 heteroatoms. The molecule has 118 valence electrons. The van der Waals surface area contributed by atoms with Crippen LogP contribution in [0.3, 0.4) is 0 Å². The molecule has 3 nitrogen and oxygen atoms in total. The molecule has 1 aromatic carbocycles. The molecule has 0 amide bonds. The average molecular weight is 316 g/mol. The first kappa shape index (κ1) is 15.5. The van der Waals surface area contributed by atoms with Gasteiger partial charge in [-0.2, -0.15) is 0 Å². The summed E-state index contributed by atoms with van der Waals surface area (Å²) in [4.78, 5) is 4.31. The van der Waals surface area contributed by atoms with Crippen molar-refractivity contribution in [2.75, 3.05) is 18.5 Å². The molecule has 2 heterocycles. The molecule has 1 unspecified atom stereocenters. The van der Waals surface area contributed by atoms with Gasteiger partial charge in [0.25, 0.3) is 0 Å². The van der Waals surface area contributed by atoms with Crippen molar-refractivity contribution in [3.8, 4) is 0 Å². The van der Waals surface area contributed by atoms with E-state index in [1.54, 1.807) is 11.3 Å².